The molecule has 1 aliphatic carbocycles. The molecule has 0 unspecified atom stereocenters. The van der Waals surface area contributed by atoms with Crippen molar-refractivity contribution >= 4 is 22.7 Å². The summed E-state index contributed by atoms with van der Waals surface area (Å²) < 4.78 is 17.7. The molecule has 1 amide bonds. The smallest absolute Gasteiger partial charge is 0.287 e. The van der Waals surface area contributed by atoms with Crippen LogP contribution in [0.1, 0.15) is 70.6 Å². The summed E-state index contributed by atoms with van der Waals surface area (Å²) in [5.41, 5.74) is 2.23. The number of rotatable bonds is 4. The van der Waals surface area contributed by atoms with E-state index in [0.717, 1.165) is 31.2 Å². The van der Waals surface area contributed by atoms with Crippen molar-refractivity contribution in [1.29, 1.82) is 0 Å². The summed E-state index contributed by atoms with van der Waals surface area (Å²) in [7, 11) is 1.60. The van der Waals surface area contributed by atoms with Gasteiger partial charge in [0.25, 0.3) is 5.91 Å². The number of ketones is 1. The second-order valence-electron chi connectivity index (χ2n) is 8.81. The highest BCUT2D eigenvalue weighted by molar-refractivity contribution is 6.13. The second kappa shape index (κ2) is 8.01. The lowest BCUT2D eigenvalue weighted by molar-refractivity contribution is 0.0139. The average molecular weight is 434 g/mol. The zero-order valence-electron chi connectivity index (χ0n) is 18.5. The van der Waals surface area contributed by atoms with E-state index in [1.165, 1.54) is 6.42 Å². The van der Waals surface area contributed by atoms with Gasteiger partial charge in [-0.3, -0.25) is 9.59 Å². The maximum Gasteiger partial charge on any atom is 0.287 e. The molecule has 0 atom stereocenters. The number of carbonyl (C=O) groups excluding carboxylic acids is 2. The molecule has 2 aliphatic rings. The SMILES string of the molecule is COc1ccccc1CNC(=O)c1oc2ccc3c(c2c1C)C(=O)CC1(CCCCC1)O3. The fourth-order valence-electron chi connectivity index (χ4n) is 5.13. The van der Waals surface area contributed by atoms with Crippen molar-refractivity contribution in [2.45, 2.75) is 57.6 Å². The quantitative estimate of drug-likeness (QED) is 0.600. The van der Waals surface area contributed by atoms with E-state index in [2.05, 4.69) is 5.32 Å². The van der Waals surface area contributed by atoms with Gasteiger partial charge in [0, 0.05) is 23.1 Å². The largest absolute Gasteiger partial charge is 0.496 e. The minimum absolute atomic E-state index is 0.0728. The van der Waals surface area contributed by atoms with Crippen molar-refractivity contribution in [1.82, 2.24) is 5.32 Å². The van der Waals surface area contributed by atoms with Crippen LogP contribution in [-0.2, 0) is 6.54 Å². The van der Waals surface area contributed by atoms with E-state index in [9.17, 15) is 9.59 Å². The molecule has 1 saturated carbocycles. The number of methoxy groups -OCH3 is 1. The first-order chi connectivity index (χ1) is 15.5. The molecule has 1 spiro atoms. The third kappa shape index (κ3) is 3.44. The molecule has 32 heavy (non-hydrogen) atoms. The van der Waals surface area contributed by atoms with Crippen LogP contribution in [0.3, 0.4) is 0 Å². The Bertz CT molecular complexity index is 1200. The lowest BCUT2D eigenvalue weighted by atomic mass is 9.78. The number of Topliss-reactive ketones (excluding diaryl/α,β-unsaturated/α-hetero) is 1. The fourth-order valence-corrected chi connectivity index (χ4v) is 5.13. The van der Waals surface area contributed by atoms with Crippen LogP contribution in [0.5, 0.6) is 11.5 Å². The lowest BCUT2D eigenvalue weighted by Crippen LogP contribution is -2.43. The number of furan rings is 1. The second-order valence-corrected chi connectivity index (χ2v) is 8.81. The number of benzene rings is 2. The van der Waals surface area contributed by atoms with Crippen molar-refractivity contribution in [2.75, 3.05) is 7.11 Å². The third-order valence-corrected chi connectivity index (χ3v) is 6.75. The molecule has 5 rings (SSSR count). The number of hydrogen-bond acceptors (Lipinski definition) is 5. The zero-order valence-corrected chi connectivity index (χ0v) is 18.5. The lowest BCUT2D eigenvalue weighted by Gasteiger charge is -2.40. The van der Waals surface area contributed by atoms with Crippen LogP contribution in [0, 0.1) is 6.92 Å². The van der Waals surface area contributed by atoms with Crippen LogP contribution < -0.4 is 14.8 Å². The minimum atomic E-state index is -0.372. The zero-order chi connectivity index (χ0) is 22.3. The monoisotopic (exact) mass is 433 g/mol. The van der Waals surface area contributed by atoms with Gasteiger partial charge in [-0.1, -0.05) is 24.6 Å². The van der Waals surface area contributed by atoms with E-state index in [0.29, 0.717) is 46.6 Å². The van der Waals surface area contributed by atoms with Gasteiger partial charge in [0.2, 0.25) is 0 Å². The van der Waals surface area contributed by atoms with Crippen molar-refractivity contribution in [3.63, 3.8) is 0 Å². The minimum Gasteiger partial charge on any atom is -0.496 e. The van der Waals surface area contributed by atoms with Gasteiger partial charge in [-0.25, -0.2) is 0 Å². The maximum atomic E-state index is 13.2. The first kappa shape index (κ1) is 20.6. The maximum absolute atomic E-state index is 13.2. The standard InChI is InChI=1S/C26H27NO5/c1-16-22-20(31-24(16)25(29)27-15-17-8-4-5-9-19(17)30-2)10-11-21-23(22)18(28)14-26(32-21)12-6-3-7-13-26/h4-5,8-11H,3,6-7,12-15H2,1-2H3,(H,27,29). The summed E-state index contributed by atoms with van der Waals surface area (Å²) >= 11 is 0. The van der Waals surface area contributed by atoms with Gasteiger partial charge in [-0.2, -0.15) is 0 Å². The molecule has 1 aromatic heterocycles. The molecule has 1 N–H and O–H groups in total. The highest BCUT2D eigenvalue weighted by atomic mass is 16.5. The Kier molecular flexibility index (Phi) is 5.16. The van der Waals surface area contributed by atoms with Crippen molar-refractivity contribution < 1.29 is 23.5 Å². The first-order valence-electron chi connectivity index (χ1n) is 11.2. The van der Waals surface area contributed by atoms with E-state index in [4.69, 9.17) is 13.9 Å². The number of nitrogens with one attached hydrogen (secondary N) is 1. The van der Waals surface area contributed by atoms with E-state index >= 15 is 0 Å². The molecule has 6 heteroatoms. The van der Waals surface area contributed by atoms with Crippen molar-refractivity contribution in [2.24, 2.45) is 0 Å². The number of amides is 1. The Morgan fingerprint density at radius 2 is 1.91 bits per heavy atom. The number of ether oxygens (including phenoxy) is 2. The number of aryl methyl sites for hydroxylation is 1. The fraction of sp³-hybridized carbons (Fsp3) is 0.385. The summed E-state index contributed by atoms with van der Waals surface area (Å²) in [6.07, 6.45) is 5.59. The van der Waals surface area contributed by atoms with E-state index < -0.39 is 0 Å². The van der Waals surface area contributed by atoms with E-state index in [1.807, 2.05) is 37.3 Å². The predicted octanol–water partition coefficient (Wildman–Crippen LogP) is 5.35. The molecule has 3 aromatic rings. The Morgan fingerprint density at radius 3 is 2.69 bits per heavy atom. The van der Waals surface area contributed by atoms with Crippen molar-refractivity contribution in [3.8, 4) is 11.5 Å². The van der Waals surface area contributed by atoms with Crippen LogP contribution in [0.4, 0.5) is 0 Å². The van der Waals surface area contributed by atoms with E-state index in [1.54, 1.807) is 13.2 Å². The van der Waals surface area contributed by atoms with Crippen LogP contribution >= 0.6 is 0 Å². The van der Waals surface area contributed by atoms with Crippen molar-refractivity contribution in [3.05, 3.63) is 58.8 Å². The Balaban J connectivity index is 1.45. The number of hydrogen-bond donors (Lipinski definition) is 1. The van der Waals surface area contributed by atoms with E-state index in [-0.39, 0.29) is 23.1 Å². The highest BCUT2D eigenvalue weighted by Gasteiger charge is 2.42. The van der Waals surface area contributed by atoms with Gasteiger partial charge < -0.3 is 19.2 Å². The van der Waals surface area contributed by atoms with Gasteiger partial charge >= 0.3 is 0 Å². The summed E-state index contributed by atoms with van der Waals surface area (Å²) in [6.45, 7) is 2.13. The molecule has 2 heterocycles. The highest BCUT2D eigenvalue weighted by Crippen LogP contribution is 2.45. The van der Waals surface area contributed by atoms with Crippen LogP contribution in [0.15, 0.2) is 40.8 Å². The number of fused-ring (bicyclic) bond motifs is 3. The van der Waals surface area contributed by atoms with Gasteiger partial charge in [-0.15, -0.1) is 0 Å². The molecule has 2 aromatic carbocycles. The van der Waals surface area contributed by atoms with Gasteiger partial charge in [0.05, 0.1) is 19.1 Å². The molecular weight excluding hydrogens is 406 g/mol. The molecular formula is C26H27NO5. The third-order valence-electron chi connectivity index (χ3n) is 6.75. The summed E-state index contributed by atoms with van der Waals surface area (Å²) in [6, 6.07) is 11.1. The molecule has 166 valence electrons. The summed E-state index contributed by atoms with van der Waals surface area (Å²) in [5.74, 6) is 1.28. The van der Waals surface area contributed by atoms with Gasteiger partial charge in [0.15, 0.2) is 11.5 Å². The van der Waals surface area contributed by atoms with Crippen LogP contribution in [-0.4, -0.2) is 24.4 Å². The number of carbonyl (C=O) groups is 2. The topological polar surface area (TPSA) is 77.8 Å². The number of para-hydroxylation sites is 1. The normalized spacial score (nSPS) is 17.1. The van der Waals surface area contributed by atoms with Gasteiger partial charge in [-0.05, 0) is 50.8 Å². The Hall–Kier alpha value is -3.28. The Labute approximate surface area is 186 Å². The Morgan fingerprint density at radius 1 is 1.12 bits per heavy atom. The van der Waals surface area contributed by atoms with Crippen LogP contribution in [0.25, 0.3) is 11.0 Å². The molecule has 1 fully saturated rings. The predicted molar refractivity (Wildman–Crippen MR) is 121 cm³/mol. The summed E-state index contributed by atoms with van der Waals surface area (Å²) in [5, 5.41) is 3.58. The average Bonchev–Trinajstić information content (AvgIpc) is 3.14. The van der Waals surface area contributed by atoms with Crippen LogP contribution in [0.2, 0.25) is 0 Å². The molecule has 0 saturated heterocycles. The summed E-state index contributed by atoms with van der Waals surface area (Å²) in [4.78, 5) is 26.2. The first-order valence-corrected chi connectivity index (χ1v) is 11.2. The molecule has 1 aliphatic heterocycles. The molecule has 6 nitrogen and oxygen atoms in total. The van der Waals surface area contributed by atoms with Gasteiger partial charge in [0.1, 0.15) is 22.7 Å². The molecule has 0 bridgehead atoms. The molecule has 0 radical (unpaired) electrons.